The van der Waals surface area contributed by atoms with Crippen molar-refractivity contribution in [3.05, 3.63) is 52.5 Å². The molecule has 2 heterocycles. The van der Waals surface area contributed by atoms with Crippen LogP contribution < -0.4 is 10.6 Å². The van der Waals surface area contributed by atoms with Gasteiger partial charge in [0.15, 0.2) is 0 Å². The van der Waals surface area contributed by atoms with Crippen LogP contribution in [-0.4, -0.2) is 35.8 Å². The summed E-state index contributed by atoms with van der Waals surface area (Å²) in [5.74, 6) is -0.0212. The minimum Gasteiger partial charge on any atom is -0.350 e. The summed E-state index contributed by atoms with van der Waals surface area (Å²) in [5, 5.41) is 11.6. The molecule has 0 unspecified atom stereocenters. The Hall–Kier alpha value is -2.18. The van der Waals surface area contributed by atoms with E-state index < -0.39 is 0 Å². The summed E-state index contributed by atoms with van der Waals surface area (Å²) >= 11 is 1.50. The maximum absolute atomic E-state index is 12.2. The van der Waals surface area contributed by atoms with E-state index in [2.05, 4.69) is 27.9 Å². The number of hydrogen-bond donors (Lipinski definition) is 2. The molecule has 6 heteroatoms. The molecular weight excluding hydrogens is 308 g/mol. The third-order valence-corrected chi connectivity index (χ3v) is 4.81. The number of fused-ring (bicyclic) bond motifs is 1. The lowest BCUT2D eigenvalue weighted by Gasteiger charge is -2.03. The van der Waals surface area contributed by atoms with Crippen molar-refractivity contribution in [3.8, 4) is 0 Å². The number of thiophene rings is 1. The number of carbonyl (C=O) groups excluding carboxylic acids is 1. The molecule has 0 radical (unpaired) electrons. The monoisotopic (exact) mass is 328 g/mol. The van der Waals surface area contributed by atoms with Crippen molar-refractivity contribution in [2.75, 3.05) is 20.1 Å². The van der Waals surface area contributed by atoms with Crippen molar-refractivity contribution in [3.63, 3.8) is 0 Å². The van der Waals surface area contributed by atoms with Gasteiger partial charge in [0.25, 0.3) is 5.91 Å². The number of rotatable bonds is 6. The molecule has 1 amide bonds. The Labute approximate surface area is 139 Å². The average molecular weight is 328 g/mol. The van der Waals surface area contributed by atoms with Gasteiger partial charge in [-0.2, -0.15) is 5.10 Å². The van der Waals surface area contributed by atoms with Crippen LogP contribution >= 0.6 is 11.3 Å². The van der Waals surface area contributed by atoms with Gasteiger partial charge in [-0.25, -0.2) is 0 Å². The van der Waals surface area contributed by atoms with Gasteiger partial charge in [0.1, 0.15) is 4.83 Å². The molecular formula is C17H20N4OS. The van der Waals surface area contributed by atoms with E-state index in [4.69, 9.17) is 0 Å². The smallest absolute Gasteiger partial charge is 0.261 e. The zero-order valence-electron chi connectivity index (χ0n) is 13.3. The van der Waals surface area contributed by atoms with E-state index in [1.165, 1.54) is 16.9 Å². The number of aromatic nitrogens is 2. The summed E-state index contributed by atoms with van der Waals surface area (Å²) < 4.78 is 1.98. The van der Waals surface area contributed by atoms with Gasteiger partial charge in [0.2, 0.25) is 0 Å². The molecule has 2 aromatic heterocycles. The van der Waals surface area contributed by atoms with Crippen LogP contribution in [0.1, 0.15) is 20.9 Å². The first-order valence-electron chi connectivity index (χ1n) is 7.62. The van der Waals surface area contributed by atoms with E-state index in [1.807, 2.05) is 42.9 Å². The summed E-state index contributed by atoms with van der Waals surface area (Å²) in [6.45, 7) is 4.09. The van der Waals surface area contributed by atoms with Gasteiger partial charge in [-0.05, 0) is 25.6 Å². The maximum atomic E-state index is 12.2. The first-order valence-corrected chi connectivity index (χ1v) is 8.44. The number of aryl methyl sites for hydroxylation is 1. The van der Waals surface area contributed by atoms with Crippen LogP contribution in [0.5, 0.6) is 0 Å². The molecule has 0 saturated heterocycles. The highest BCUT2D eigenvalue weighted by Crippen LogP contribution is 2.28. The minimum absolute atomic E-state index is 0.0212. The molecule has 3 rings (SSSR count). The minimum atomic E-state index is -0.0212. The lowest BCUT2D eigenvalue weighted by atomic mass is 10.2. The second kappa shape index (κ2) is 6.93. The average Bonchev–Trinajstić information content (AvgIpc) is 3.11. The van der Waals surface area contributed by atoms with Crippen LogP contribution in [0.2, 0.25) is 0 Å². The highest BCUT2D eigenvalue weighted by atomic mass is 32.1. The lowest BCUT2D eigenvalue weighted by Crippen LogP contribution is -2.29. The zero-order valence-corrected chi connectivity index (χ0v) is 14.1. The fourth-order valence-corrected chi connectivity index (χ4v) is 3.55. The fraction of sp³-hybridized carbons (Fsp3) is 0.294. The van der Waals surface area contributed by atoms with Gasteiger partial charge in [0.05, 0.1) is 17.1 Å². The first kappa shape index (κ1) is 15.7. The van der Waals surface area contributed by atoms with Gasteiger partial charge in [-0.3, -0.25) is 9.48 Å². The third kappa shape index (κ3) is 3.43. The molecule has 0 aliphatic carbocycles. The highest BCUT2D eigenvalue weighted by Gasteiger charge is 2.16. The Morgan fingerprint density at radius 2 is 2.04 bits per heavy atom. The summed E-state index contributed by atoms with van der Waals surface area (Å²) in [6.07, 6.45) is 0. The summed E-state index contributed by atoms with van der Waals surface area (Å²) in [7, 11) is 1.87. The first-order chi connectivity index (χ1) is 11.2. The molecule has 0 aliphatic rings. The molecule has 2 N–H and O–H groups in total. The van der Waals surface area contributed by atoms with Crippen molar-refractivity contribution in [1.82, 2.24) is 20.4 Å². The molecule has 0 spiro atoms. The molecule has 0 aliphatic heterocycles. The second-order valence-electron chi connectivity index (χ2n) is 5.42. The predicted molar refractivity (Wildman–Crippen MR) is 94.2 cm³/mol. The summed E-state index contributed by atoms with van der Waals surface area (Å²) in [6, 6.07) is 12.2. The second-order valence-corrected chi connectivity index (χ2v) is 6.45. The molecule has 0 saturated carbocycles. The van der Waals surface area contributed by atoms with Crippen molar-refractivity contribution >= 4 is 27.5 Å². The van der Waals surface area contributed by atoms with Gasteiger partial charge in [-0.1, -0.05) is 30.3 Å². The Kier molecular flexibility index (Phi) is 4.73. The van der Waals surface area contributed by atoms with E-state index in [-0.39, 0.29) is 5.91 Å². The number of carbonyl (C=O) groups is 1. The SMILES string of the molecule is CNCCNC(=O)c1cc2c(C)nn(Cc3ccccc3)c2s1. The van der Waals surface area contributed by atoms with Crippen LogP contribution in [0.3, 0.4) is 0 Å². The Morgan fingerprint density at radius 1 is 1.26 bits per heavy atom. The number of amides is 1. The summed E-state index contributed by atoms with van der Waals surface area (Å²) in [5.41, 5.74) is 2.16. The molecule has 120 valence electrons. The van der Waals surface area contributed by atoms with Crippen molar-refractivity contribution in [2.45, 2.75) is 13.5 Å². The van der Waals surface area contributed by atoms with E-state index in [1.54, 1.807) is 0 Å². The van der Waals surface area contributed by atoms with E-state index >= 15 is 0 Å². The number of benzene rings is 1. The Morgan fingerprint density at radius 3 is 2.78 bits per heavy atom. The standard InChI is InChI=1S/C17H20N4OS/c1-12-14-10-15(16(22)19-9-8-18-2)23-17(14)21(20-12)11-13-6-4-3-5-7-13/h3-7,10,18H,8-9,11H2,1-2H3,(H,19,22). The molecule has 5 nitrogen and oxygen atoms in total. The summed E-state index contributed by atoms with van der Waals surface area (Å²) in [4.78, 5) is 14.0. The molecule has 0 bridgehead atoms. The van der Waals surface area contributed by atoms with Gasteiger partial charge in [0, 0.05) is 18.5 Å². The maximum Gasteiger partial charge on any atom is 0.261 e. The molecule has 0 fully saturated rings. The molecule has 0 atom stereocenters. The molecule has 1 aromatic carbocycles. The van der Waals surface area contributed by atoms with Crippen LogP contribution in [-0.2, 0) is 6.54 Å². The van der Waals surface area contributed by atoms with E-state index in [0.29, 0.717) is 13.1 Å². The molecule has 23 heavy (non-hydrogen) atoms. The topological polar surface area (TPSA) is 58.9 Å². The van der Waals surface area contributed by atoms with Gasteiger partial charge >= 0.3 is 0 Å². The quantitative estimate of drug-likeness (QED) is 0.683. The third-order valence-electron chi connectivity index (χ3n) is 3.67. The van der Waals surface area contributed by atoms with E-state index in [9.17, 15) is 4.79 Å². The Balaban J connectivity index is 1.85. The van der Waals surface area contributed by atoms with Crippen LogP contribution in [0.4, 0.5) is 0 Å². The van der Waals surface area contributed by atoms with E-state index in [0.717, 1.165) is 27.3 Å². The van der Waals surface area contributed by atoms with Crippen LogP contribution in [0.15, 0.2) is 36.4 Å². The van der Waals surface area contributed by atoms with Crippen molar-refractivity contribution < 1.29 is 4.79 Å². The zero-order chi connectivity index (χ0) is 16.2. The van der Waals surface area contributed by atoms with Crippen LogP contribution in [0, 0.1) is 6.92 Å². The normalized spacial score (nSPS) is 11.0. The van der Waals surface area contributed by atoms with Gasteiger partial charge < -0.3 is 10.6 Å². The number of hydrogen-bond acceptors (Lipinski definition) is 4. The largest absolute Gasteiger partial charge is 0.350 e. The van der Waals surface area contributed by atoms with Crippen molar-refractivity contribution in [1.29, 1.82) is 0 Å². The lowest BCUT2D eigenvalue weighted by molar-refractivity contribution is 0.0958. The number of likely N-dealkylation sites (N-methyl/N-ethyl adjacent to an activating group) is 1. The fourth-order valence-electron chi connectivity index (χ4n) is 2.48. The van der Waals surface area contributed by atoms with Gasteiger partial charge in [-0.15, -0.1) is 11.3 Å². The predicted octanol–water partition coefficient (Wildman–Crippen LogP) is 2.40. The van der Waals surface area contributed by atoms with Crippen LogP contribution in [0.25, 0.3) is 10.2 Å². The Bertz CT molecular complexity index is 807. The highest BCUT2D eigenvalue weighted by molar-refractivity contribution is 7.20. The van der Waals surface area contributed by atoms with Crippen molar-refractivity contribution in [2.24, 2.45) is 0 Å². The number of nitrogens with zero attached hydrogens (tertiary/aromatic N) is 2. The molecule has 3 aromatic rings. The number of nitrogens with one attached hydrogen (secondary N) is 2.